The van der Waals surface area contributed by atoms with Crippen LogP contribution in [-0.4, -0.2) is 29.3 Å². The van der Waals surface area contributed by atoms with Crippen molar-refractivity contribution in [3.63, 3.8) is 0 Å². The molecule has 1 aliphatic heterocycles. The van der Waals surface area contributed by atoms with Crippen LogP contribution in [-0.2, 0) is 9.53 Å². The number of ether oxygens (including phenoxy) is 1. The molecule has 20 heavy (non-hydrogen) atoms. The van der Waals surface area contributed by atoms with Crippen molar-refractivity contribution in [2.24, 2.45) is 5.92 Å². The molecular weight excluding hydrogens is 254 g/mol. The molecule has 110 valence electrons. The van der Waals surface area contributed by atoms with Crippen LogP contribution in [0.1, 0.15) is 56.6 Å². The molecule has 1 atom stereocenters. The van der Waals surface area contributed by atoms with E-state index < -0.39 is 0 Å². The summed E-state index contributed by atoms with van der Waals surface area (Å²) in [7, 11) is 0. The van der Waals surface area contributed by atoms with E-state index in [1.165, 1.54) is 44.2 Å². The first-order valence-corrected chi connectivity index (χ1v) is 7.77. The minimum Gasteiger partial charge on any atom is -0.381 e. The Kier molecular flexibility index (Phi) is 4.35. The quantitative estimate of drug-likeness (QED) is 0.835. The van der Waals surface area contributed by atoms with Gasteiger partial charge >= 0.3 is 0 Å². The second kappa shape index (κ2) is 6.39. The fourth-order valence-electron chi connectivity index (χ4n) is 3.17. The molecule has 2 heterocycles. The van der Waals surface area contributed by atoms with E-state index in [-0.39, 0.29) is 11.8 Å². The second-order valence-corrected chi connectivity index (χ2v) is 5.95. The van der Waals surface area contributed by atoms with Gasteiger partial charge < -0.3 is 10.1 Å². The number of carbonyl (C=O) groups is 1. The van der Waals surface area contributed by atoms with E-state index in [1.54, 1.807) is 0 Å². The first-order valence-electron chi connectivity index (χ1n) is 7.77. The molecule has 1 amide bonds. The van der Waals surface area contributed by atoms with Gasteiger partial charge in [-0.25, -0.2) is 0 Å². The molecule has 1 aromatic heterocycles. The second-order valence-electron chi connectivity index (χ2n) is 5.95. The lowest BCUT2D eigenvalue weighted by Gasteiger charge is -2.10. The van der Waals surface area contributed by atoms with Crippen LogP contribution in [0, 0.1) is 5.92 Å². The normalized spacial score (nSPS) is 24.5. The van der Waals surface area contributed by atoms with Gasteiger partial charge in [-0.3, -0.25) is 9.89 Å². The van der Waals surface area contributed by atoms with Gasteiger partial charge in [-0.05, 0) is 19.3 Å². The fourth-order valence-corrected chi connectivity index (χ4v) is 3.17. The maximum atomic E-state index is 12.0. The van der Waals surface area contributed by atoms with Crippen LogP contribution in [0.15, 0.2) is 6.07 Å². The van der Waals surface area contributed by atoms with E-state index in [1.807, 2.05) is 6.07 Å². The van der Waals surface area contributed by atoms with Crippen LogP contribution in [0.2, 0.25) is 0 Å². The summed E-state index contributed by atoms with van der Waals surface area (Å²) < 4.78 is 5.24. The van der Waals surface area contributed by atoms with Gasteiger partial charge in [-0.15, -0.1) is 0 Å². The first-order chi connectivity index (χ1) is 9.83. The Hall–Kier alpha value is -1.36. The number of H-pyrrole nitrogens is 1. The molecule has 3 rings (SSSR count). The van der Waals surface area contributed by atoms with Gasteiger partial charge in [0.2, 0.25) is 5.91 Å². The highest BCUT2D eigenvalue weighted by Crippen LogP contribution is 2.31. The molecule has 0 aromatic carbocycles. The Morgan fingerprint density at radius 1 is 1.25 bits per heavy atom. The third-order valence-corrected chi connectivity index (χ3v) is 4.44. The van der Waals surface area contributed by atoms with Crippen LogP contribution in [0.3, 0.4) is 0 Å². The molecule has 0 bridgehead atoms. The number of hydrogen-bond acceptors (Lipinski definition) is 3. The standard InChI is InChI=1S/C15H23N3O2/c19-15(12-7-8-20-10-12)16-14-9-13(17-18-14)11-5-3-1-2-4-6-11/h9,11-12H,1-8,10H2,(H2,16,17,18,19). The Morgan fingerprint density at radius 3 is 2.75 bits per heavy atom. The summed E-state index contributed by atoms with van der Waals surface area (Å²) in [6, 6.07) is 2.00. The zero-order chi connectivity index (χ0) is 13.8. The number of carbonyl (C=O) groups excluding carboxylic acids is 1. The van der Waals surface area contributed by atoms with E-state index in [4.69, 9.17) is 4.74 Å². The van der Waals surface area contributed by atoms with Crippen molar-refractivity contribution in [3.8, 4) is 0 Å². The Balaban J connectivity index is 1.59. The van der Waals surface area contributed by atoms with Crippen LogP contribution in [0.4, 0.5) is 5.82 Å². The van der Waals surface area contributed by atoms with Crippen LogP contribution >= 0.6 is 0 Å². The Bertz CT molecular complexity index is 444. The van der Waals surface area contributed by atoms with Gasteiger partial charge in [0.15, 0.2) is 5.82 Å². The molecular formula is C15H23N3O2. The highest BCUT2D eigenvalue weighted by Gasteiger charge is 2.24. The summed E-state index contributed by atoms with van der Waals surface area (Å²) in [5.41, 5.74) is 1.17. The smallest absolute Gasteiger partial charge is 0.231 e. The minimum atomic E-state index is -0.0203. The average Bonchev–Trinajstić information content (AvgIpc) is 3.06. The van der Waals surface area contributed by atoms with Crippen molar-refractivity contribution in [1.82, 2.24) is 10.2 Å². The van der Waals surface area contributed by atoms with E-state index in [0.29, 0.717) is 24.9 Å². The predicted octanol–water partition coefficient (Wildman–Crippen LogP) is 2.82. The van der Waals surface area contributed by atoms with E-state index >= 15 is 0 Å². The topological polar surface area (TPSA) is 67.0 Å². The molecule has 5 nitrogen and oxygen atoms in total. The van der Waals surface area contributed by atoms with Crippen molar-refractivity contribution in [3.05, 3.63) is 11.8 Å². The van der Waals surface area contributed by atoms with Gasteiger partial charge in [-0.2, -0.15) is 5.10 Å². The number of hydrogen-bond donors (Lipinski definition) is 2. The van der Waals surface area contributed by atoms with Gasteiger partial charge in [0.25, 0.3) is 0 Å². The lowest BCUT2D eigenvalue weighted by molar-refractivity contribution is -0.119. The molecule has 5 heteroatoms. The molecule has 2 fully saturated rings. The molecule has 1 saturated carbocycles. The van der Waals surface area contributed by atoms with E-state index in [2.05, 4.69) is 15.5 Å². The number of rotatable bonds is 3. The monoisotopic (exact) mass is 277 g/mol. The molecule has 1 aromatic rings. The molecule has 2 aliphatic rings. The Morgan fingerprint density at radius 2 is 2.05 bits per heavy atom. The van der Waals surface area contributed by atoms with E-state index in [9.17, 15) is 4.79 Å². The zero-order valence-corrected chi connectivity index (χ0v) is 11.9. The van der Waals surface area contributed by atoms with Crippen molar-refractivity contribution < 1.29 is 9.53 Å². The van der Waals surface area contributed by atoms with Gasteiger partial charge in [0, 0.05) is 24.3 Å². The highest BCUT2D eigenvalue weighted by atomic mass is 16.5. The highest BCUT2D eigenvalue weighted by molar-refractivity contribution is 5.91. The number of amides is 1. The summed E-state index contributed by atoms with van der Waals surface area (Å²) in [6.07, 6.45) is 8.55. The average molecular weight is 277 g/mol. The summed E-state index contributed by atoms with van der Waals surface area (Å²) >= 11 is 0. The first kappa shape index (κ1) is 13.6. The fraction of sp³-hybridized carbons (Fsp3) is 0.733. The molecule has 1 saturated heterocycles. The maximum absolute atomic E-state index is 12.0. The number of aromatic nitrogens is 2. The van der Waals surface area contributed by atoms with Crippen molar-refractivity contribution in [1.29, 1.82) is 0 Å². The molecule has 2 N–H and O–H groups in total. The number of anilines is 1. The Labute approximate surface area is 119 Å². The lowest BCUT2D eigenvalue weighted by Crippen LogP contribution is -2.22. The zero-order valence-electron chi connectivity index (χ0n) is 11.9. The van der Waals surface area contributed by atoms with Crippen molar-refractivity contribution in [2.75, 3.05) is 18.5 Å². The maximum Gasteiger partial charge on any atom is 0.231 e. The molecule has 1 unspecified atom stereocenters. The largest absolute Gasteiger partial charge is 0.381 e. The van der Waals surface area contributed by atoms with Crippen molar-refractivity contribution in [2.45, 2.75) is 50.9 Å². The lowest BCUT2D eigenvalue weighted by atomic mass is 9.97. The third kappa shape index (κ3) is 3.20. The minimum absolute atomic E-state index is 0.0203. The van der Waals surface area contributed by atoms with Crippen molar-refractivity contribution >= 4 is 11.7 Å². The van der Waals surface area contributed by atoms with Crippen LogP contribution in [0.5, 0.6) is 0 Å². The van der Waals surface area contributed by atoms with Gasteiger partial charge in [0.1, 0.15) is 0 Å². The summed E-state index contributed by atoms with van der Waals surface area (Å²) in [6.45, 7) is 1.22. The van der Waals surface area contributed by atoms with Crippen LogP contribution < -0.4 is 5.32 Å². The van der Waals surface area contributed by atoms with E-state index in [0.717, 1.165) is 6.42 Å². The number of nitrogens with one attached hydrogen (secondary N) is 2. The predicted molar refractivity (Wildman–Crippen MR) is 76.6 cm³/mol. The summed E-state index contributed by atoms with van der Waals surface area (Å²) in [5.74, 6) is 1.24. The summed E-state index contributed by atoms with van der Waals surface area (Å²) in [4.78, 5) is 12.0. The SMILES string of the molecule is O=C(Nc1cc(C2CCCCCC2)[nH]n1)C1CCOC1. The number of nitrogens with zero attached hydrogens (tertiary/aromatic N) is 1. The number of aromatic amines is 1. The third-order valence-electron chi connectivity index (χ3n) is 4.44. The summed E-state index contributed by atoms with van der Waals surface area (Å²) in [5, 5.41) is 10.2. The molecule has 0 spiro atoms. The molecule has 1 aliphatic carbocycles. The van der Waals surface area contributed by atoms with Gasteiger partial charge in [0.05, 0.1) is 12.5 Å². The van der Waals surface area contributed by atoms with Crippen LogP contribution in [0.25, 0.3) is 0 Å². The molecule has 0 radical (unpaired) electrons. The van der Waals surface area contributed by atoms with Gasteiger partial charge in [-0.1, -0.05) is 25.7 Å².